The first-order chi connectivity index (χ1) is 18.6. The van der Waals surface area contributed by atoms with Crippen LogP contribution in [0, 0.1) is 22.0 Å². The number of benzene rings is 3. The number of Topliss-reactive ketones (excluding diaryl/α,β-unsaturated/α-hetero) is 1. The molecule has 2 fully saturated rings. The Hall–Kier alpha value is -4.80. The Morgan fingerprint density at radius 2 is 1.59 bits per heavy atom. The Morgan fingerprint density at radius 3 is 2.28 bits per heavy atom. The van der Waals surface area contributed by atoms with Gasteiger partial charge in [-0.2, -0.15) is 13.2 Å². The van der Waals surface area contributed by atoms with Gasteiger partial charge in [-0.25, -0.2) is 4.90 Å². The van der Waals surface area contributed by atoms with Gasteiger partial charge in [0.15, 0.2) is 5.78 Å². The van der Waals surface area contributed by atoms with Gasteiger partial charge in [0.2, 0.25) is 11.8 Å². The first kappa shape index (κ1) is 24.5. The van der Waals surface area contributed by atoms with Crippen LogP contribution in [0.2, 0.25) is 0 Å². The molecular weight excluding hydrogens is 515 g/mol. The van der Waals surface area contributed by atoms with E-state index in [0.29, 0.717) is 5.56 Å². The molecule has 3 aliphatic rings. The summed E-state index contributed by atoms with van der Waals surface area (Å²) in [4.78, 5) is 54.4. The van der Waals surface area contributed by atoms with E-state index in [4.69, 9.17) is 0 Å². The second kappa shape index (κ2) is 8.62. The predicted molar refractivity (Wildman–Crippen MR) is 132 cm³/mol. The van der Waals surface area contributed by atoms with Crippen LogP contribution >= 0.6 is 0 Å². The molecule has 0 spiro atoms. The molecule has 6 rings (SSSR count). The SMILES string of the molecule is O=C(c1ccc([N+](=O)[O-])cc1)C1[C@H]2C(=O)N(c3cccc(C(F)(F)F)c3)C(=O)[C@H]2C2c3ccccc3C=CN12. The van der Waals surface area contributed by atoms with Gasteiger partial charge in [-0.15, -0.1) is 0 Å². The topological polar surface area (TPSA) is 101 Å². The van der Waals surface area contributed by atoms with Crippen molar-refractivity contribution in [1.82, 2.24) is 4.90 Å². The fraction of sp³-hybridized carbons (Fsp3) is 0.179. The van der Waals surface area contributed by atoms with Crippen molar-refractivity contribution < 1.29 is 32.5 Å². The molecular formula is C28H18F3N3O5. The number of anilines is 1. The summed E-state index contributed by atoms with van der Waals surface area (Å²) in [6.45, 7) is 0. The van der Waals surface area contributed by atoms with E-state index >= 15 is 0 Å². The maximum absolute atomic E-state index is 13.8. The lowest BCUT2D eigenvalue weighted by Gasteiger charge is -2.35. The molecule has 0 bridgehead atoms. The Kier molecular flexibility index (Phi) is 5.42. The average molecular weight is 533 g/mol. The third-order valence-electron chi connectivity index (χ3n) is 7.52. The summed E-state index contributed by atoms with van der Waals surface area (Å²) in [7, 11) is 0. The summed E-state index contributed by atoms with van der Waals surface area (Å²) in [6, 6.07) is 14.2. The Balaban J connectivity index is 1.46. The smallest absolute Gasteiger partial charge is 0.358 e. The number of rotatable bonds is 4. The van der Waals surface area contributed by atoms with Crippen LogP contribution < -0.4 is 4.90 Å². The molecule has 2 amide bonds. The van der Waals surface area contributed by atoms with Crippen LogP contribution in [0.25, 0.3) is 6.08 Å². The van der Waals surface area contributed by atoms with Gasteiger partial charge in [0, 0.05) is 23.9 Å². The number of ketones is 1. The molecule has 0 radical (unpaired) electrons. The van der Waals surface area contributed by atoms with Gasteiger partial charge in [-0.05, 0) is 47.5 Å². The predicted octanol–water partition coefficient (Wildman–Crippen LogP) is 5.01. The number of carbonyl (C=O) groups excluding carboxylic acids is 3. The van der Waals surface area contributed by atoms with E-state index in [9.17, 15) is 37.7 Å². The maximum Gasteiger partial charge on any atom is 0.416 e. The zero-order chi connectivity index (χ0) is 27.6. The molecule has 0 N–H and O–H groups in total. The molecule has 3 aromatic carbocycles. The van der Waals surface area contributed by atoms with Crippen LogP contribution in [0.3, 0.4) is 0 Å². The molecule has 39 heavy (non-hydrogen) atoms. The fourth-order valence-corrected chi connectivity index (χ4v) is 5.85. The van der Waals surface area contributed by atoms with E-state index in [0.717, 1.165) is 28.7 Å². The van der Waals surface area contributed by atoms with Crippen molar-refractivity contribution in [2.45, 2.75) is 18.3 Å². The lowest BCUT2D eigenvalue weighted by Crippen LogP contribution is -2.44. The Labute approximate surface area is 219 Å². The highest BCUT2D eigenvalue weighted by Gasteiger charge is 2.64. The molecule has 0 aromatic heterocycles. The average Bonchev–Trinajstić information content (AvgIpc) is 3.40. The first-order valence-corrected chi connectivity index (χ1v) is 12.0. The van der Waals surface area contributed by atoms with E-state index in [1.807, 2.05) is 6.07 Å². The number of fused-ring (bicyclic) bond motifs is 5. The quantitative estimate of drug-likeness (QED) is 0.202. The van der Waals surface area contributed by atoms with Crippen molar-refractivity contribution in [2.24, 2.45) is 11.8 Å². The van der Waals surface area contributed by atoms with Crippen LogP contribution in [0.15, 0.2) is 79.0 Å². The molecule has 0 saturated carbocycles. The van der Waals surface area contributed by atoms with Crippen molar-refractivity contribution in [3.8, 4) is 0 Å². The van der Waals surface area contributed by atoms with Crippen LogP contribution in [-0.4, -0.2) is 33.5 Å². The van der Waals surface area contributed by atoms with Gasteiger partial charge in [-0.3, -0.25) is 24.5 Å². The highest BCUT2D eigenvalue weighted by Crippen LogP contribution is 2.54. The molecule has 2 unspecified atom stereocenters. The van der Waals surface area contributed by atoms with E-state index in [2.05, 4.69) is 0 Å². The zero-order valence-electron chi connectivity index (χ0n) is 19.9. The summed E-state index contributed by atoms with van der Waals surface area (Å²) in [5.74, 6) is -4.22. The Bertz CT molecular complexity index is 1580. The first-order valence-electron chi connectivity index (χ1n) is 12.0. The zero-order valence-corrected chi connectivity index (χ0v) is 19.9. The third kappa shape index (κ3) is 3.72. The molecule has 196 valence electrons. The summed E-state index contributed by atoms with van der Waals surface area (Å²) in [5, 5.41) is 11.1. The van der Waals surface area contributed by atoms with Gasteiger partial charge in [0.1, 0.15) is 6.04 Å². The summed E-state index contributed by atoms with van der Waals surface area (Å²) in [6.07, 6.45) is -1.27. The van der Waals surface area contributed by atoms with Crippen molar-refractivity contribution in [1.29, 1.82) is 0 Å². The molecule has 0 aliphatic carbocycles. The number of carbonyl (C=O) groups is 3. The van der Waals surface area contributed by atoms with E-state index in [-0.39, 0.29) is 16.9 Å². The molecule has 8 nitrogen and oxygen atoms in total. The molecule has 3 heterocycles. The van der Waals surface area contributed by atoms with Crippen LogP contribution in [0.1, 0.15) is 33.1 Å². The van der Waals surface area contributed by atoms with Gasteiger partial charge in [-0.1, -0.05) is 30.3 Å². The monoisotopic (exact) mass is 533 g/mol. The summed E-state index contributed by atoms with van der Waals surface area (Å²) >= 11 is 0. The number of halogens is 3. The molecule has 11 heteroatoms. The standard InChI is InChI=1S/C28H18F3N3O5/c29-28(30,31)17-5-3-6-19(14-17)33-26(36)21-22(27(33)37)24(25(35)16-8-10-18(11-9-16)34(38)39)32-13-12-15-4-1-2-7-20(15)23(21)32/h1-14,21-24H/t21-,22+,23?,24?/m1/s1. The molecule has 3 aromatic rings. The van der Waals surface area contributed by atoms with Gasteiger partial charge >= 0.3 is 6.18 Å². The van der Waals surface area contributed by atoms with E-state index < -0.39 is 58.2 Å². The molecule has 3 aliphatic heterocycles. The second-order valence-electron chi connectivity index (χ2n) is 9.56. The minimum Gasteiger partial charge on any atom is -0.358 e. The second-order valence-corrected chi connectivity index (χ2v) is 9.56. The number of nitrogens with zero attached hydrogens (tertiary/aromatic N) is 3. The number of nitro benzene ring substituents is 1. The number of imide groups is 1. The summed E-state index contributed by atoms with van der Waals surface area (Å²) in [5.41, 5.74) is 0.156. The largest absolute Gasteiger partial charge is 0.416 e. The van der Waals surface area contributed by atoms with Crippen molar-refractivity contribution >= 4 is 35.0 Å². The van der Waals surface area contributed by atoms with Crippen molar-refractivity contribution in [3.63, 3.8) is 0 Å². The van der Waals surface area contributed by atoms with Crippen molar-refractivity contribution in [3.05, 3.63) is 111 Å². The van der Waals surface area contributed by atoms with Crippen molar-refractivity contribution in [2.75, 3.05) is 4.90 Å². The minimum absolute atomic E-state index is 0.107. The number of non-ortho nitro benzene ring substituents is 1. The number of hydrogen-bond donors (Lipinski definition) is 0. The van der Waals surface area contributed by atoms with Gasteiger partial charge < -0.3 is 4.90 Å². The fourth-order valence-electron chi connectivity index (χ4n) is 5.85. The van der Waals surface area contributed by atoms with Crippen LogP contribution in [0.4, 0.5) is 24.5 Å². The lowest BCUT2D eigenvalue weighted by molar-refractivity contribution is -0.384. The molecule has 2 saturated heterocycles. The van der Waals surface area contributed by atoms with E-state index in [1.165, 1.54) is 30.3 Å². The number of amides is 2. The summed E-state index contributed by atoms with van der Waals surface area (Å²) < 4.78 is 40.2. The number of nitro groups is 1. The van der Waals surface area contributed by atoms with Gasteiger partial charge in [0.05, 0.1) is 34.1 Å². The Morgan fingerprint density at radius 1 is 0.897 bits per heavy atom. The number of alkyl halides is 3. The van der Waals surface area contributed by atoms with Crippen LogP contribution in [0.5, 0.6) is 0 Å². The maximum atomic E-state index is 13.8. The highest BCUT2D eigenvalue weighted by atomic mass is 19.4. The van der Waals surface area contributed by atoms with Gasteiger partial charge in [0.25, 0.3) is 5.69 Å². The van der Waals surface area contributed by atoms with Crippen LogP contribution in [-0.2, 0) is 15.8 Å². The highest BCUT2D eigenvalue weighted by molar-refractivity contribution is 6.24. The normalized spacial score (nSPS) is 23.5. The molecule has 4 atom stereocenters. The minimum atomic E-state index is -4.68. The van der Waals surface area contributed by atoms with E-state index in [1.54, 1.807) is 35.4 Å². The lowest BCUT2D eigenvalue weighted by atomic mass is 9.83. The number of hydrogen-bond acceptors (Lipinski definition) is 6. The third-order valence-corrected chi connectivity index (χ3v) is 7.52.